The van der Waals surface area contributed by atoms with Crippen molar-refractivity contribution in [1.82, 2.24) is 4.98 Å². The molecule has 0 aliphatic rings. The number of pyridine rings is 1. The number of aromatic nitrogens is 1. The lowest BCUT2D eigenvalue weighted by molar-refractivity contribution is 0.481. The Morgan fingerprint density at radius 1 is 1.05 bits per heavy atom. The Morgan fingerprint density at radius 3 is 2.50 bits per heavy atom. The van der Waals surface area contributed by atoms with Gasteiger partial charge in [-0.25, -0.2) is 0 Å². The van der Waals surface area contributed by atoms with Crippen molar-refractivity contribution in [3.63, 3.8) is 0 Å². The molecule has 2 nitrogen and oxygen atoms in total. The van der Waals surface area contributed by atoms with Crippen LogP contribution in [-0.4, -0.2) is 18.2 Å². The van der Waals surface area contributed by atoms with Gasteiger partial charge < -0.3 is 5.11 Å². The molecule has 1 aromatic heterocycles. The predicted octanol–water partition coefficient (Wildman–Crippen LogP) is 4.92. The van der Waals surface area contributed by atoms with Gasteiger partial charge in [0.25, 0.3) is 0 Å². The maximum atomic E-state index is 10.6. The van der Waals surface area contributed by atoms with Crippen LogP contribution < -0.4 is 5.19 Å². The highest BCUT2D eigenvalue weighted by molar-refractivity contribution is 9.10. The first-order valence-electron chi connectivity index (χ1n) is 7.24. The van der Waals surface area contributed by atoms with E-state index in [-0.39, 0.29) is 5.75 Å². The molecular formula is C18H18BrNOSi. The SMILES string of the molecule is C[Si](C)(C)c1ccc2c(O)c(-c3cccc(Br)c3)ncc2c1. The molecule has 0 aliphatic carbocycles. The van der Waals surface area contributed by atoms with Gasteiger partial charge in [0.05, 0.1) is 8.07 Å². The molecule has 3 aromatic rings. The van der Waals surface area contributed by atoms with E-state index in [4.69, 9.17) is 0 Å². The second-order valence-electron chi connectivity index (χ2n) is 6.52. The average Bonchev–Trinajstić information content (AvgIpc) is 2.46. The molecule has 22 heavy (non-hydrogen) atoms. The second-order valence-corrected chi connectivity index (χ2v) is 12.5. The first kappa shape index (κ1) is 15.3. The van der Waals surface area contributed by atoms with Gasteiger partial charge in [-0.05, 0) is 12.1 Å². The number of benzene rings is 2. The number of rotatable bonds is 2. The lowest BCUT2D eigenvalue weighted by Gasteiger charge is -2.17. The van der Waals surface area contributed by atoms with Gasteiger partial charge in [-0.15, -0.1) is 0 Å². The van der Waals surface area contributed by atoms with E-state index in [0.717, 1.165) is 20.8 Å². The highest BCUT2D eigenvalue weighted by Crippen LogP contribution is 2.34. The normalized spacial score (nSPS) is 11.8. The summed E-state index contributed by atoms with van der Waals surface area (Å²) in [7, 11) is -1.37. The molecule has 0 fully saturated rings. The van der Waals surface area contributed by atoms with Crippen molar-refractivity contribution in [3.8, 4) is 17.0 Å². The third-order valence-electron chi connectivity index (χ3n) is 3.83. The number of fused-ring (bicyclic) bond motifs is 1. The summed E-state index contributed by atoms with van der Waals surface area (Å²) < 4.78 is 0.973. The van der Waals surface area contributed by atoms with Crippen molar-refractivity contribution < 1.29 is 5.11 Å². The van der Waals surface area contributed by atoms with Crippen molar-refractivity contribution in [2.75, 3.05) is 0 Å². The monoisotopic (exact) mass is 371 g/mol. The Kier molecular flexibility index (Phi) is 3.83. The summed E-state index contributed by atoms with van der Waals surface area (Å²) in [5.74, 6) is 0.248. The average molecular weight is 372 g/mol. The minimum atomic E-state index is -1.37. The first-order valence-corrected chi connectivity index (χ1v) is 11.5. The van der Waals surface area contributed by atoms with Crippen LogP contribution in [0.15, 0.2) is 53.1 Å². The summed E-state index contributed by atoms with van der Waals surface area (Å²) in [5.41, 5.74) is 1.53. The Labute approximate surface area is 140 Å². The molecule has 0 unspecified atom stereocenters. The fourth-order valence-corrected chi connectivity index (χ4v) is 4.09. The molecule has 0 radical (unpaired) electrons. The van der Waals surface area contributed by atoms with Crippen LogP contribution in [0, 0.1) is 0 Å². The van der Waals surface area contributed by atoms with E-state index < -0.39 is 8.07 Å². The van der Waals surface area contributed by atoms with Crippen molar-refractivity contribution >= 4 is 40.0 Å². The highest BCUT2D eigenvalue weighted by Gasteiger charge is 2.18. The molecule has 0 aliphatic heterocycles. The number of halogens is 1. The Bertz CT molecular complexity index is 855. The molecule has 0 atom stereocenters. The summed E-state index contributed by atoms with van der Waals surface area (Å²) in [6.07, 6.45) is 1.86. The molecule has 3 rings (SSSR count). The van der Waals surface area contributed by atoms with E-state index in [2.05, 4.69) is 52.7 Å². The molecule has 1 heterocycles. The number of aromatic hydroxyl groups is 1. The zero-order chi connectivity index (χ0) is 15.9. The maximum absolute atomic E-state index is 10.6. The topological polar surface area (TPSA) is 33.1 Å². The van der Waals surface area contributed by atoms with Crippen LogP contribution in [0.4, 0.5) is 0 Å². The molecule has 1 N–H and O–H groups in total. The van der Waals surface area contributed by atoms with Crippen LogP contribution in [0.3, 0.4) is 0 Å². The summed E-state index contributed by atoms with van der Waals surface area (Å²) in [6, 6.07) is 14.1. The van der Waals surface area contributed by atoms with E-state index in [9.17, 15) is 5.11 Å². The van der Waals surface area contributed by atoms with Crippen LogP contribution in [0.5, 0.6) is 5.75 Å². The Balaban J connectivity index is 2.18. The maximum Gasteiger partial charge on any atom is 0.149 e. The van der Waals surface area contributed by atoms with E-state index in [1.807, 2.05) is 36.5 Å². The fraction of sp³-hybridized carbons (Fsp3) is 0.167. The number of hydrogen-bond donors (Lipinski definition) is 1. The van der Waals surface area contributed by atoms with Crippen LogP contribution >= 0.6 is 15.9 Å². The van der Waals surface area contributed by atoms with Gasteiger partial charge in [-0.1, -0.05) is 71.1 Å². The van der Waals surface area contributed by atoms with Gasteiger partial charge in [0.15, 0.2) is 0 Å². The Hall–Kier alpha value is -1.65. The van der Waals surface area contributed by atoms with Gasteiger partial charge in [-0.2, -0.15) is 0 Å². The lowest BCUT2D eigenvalue weighted by atomic mass is 10.1. The highest BCUT2D eigenvalue weighted by atomic mass is 79.9. The fourth-order valence-electron chi connectivity index (χ4n) is 2.52. The molecule has 2 aromatic carbocycles. The number of hydrogen-bond acceptors (Lipinski definition) is 2. The summed E-state index contributed by atoms with van der Waals surface area (Å²) in [5, 5.41) is 13.8. The molecule has 112 valence electrons. The van der Waals surface area contributed by atoms with Crippen molar-refractivity contribution in [2.24, 2.45) is 0 Å². The molecule has 0 saturated carbocycles. The molecular weight excluding hydrogens is 354 g/mol. The van der Waals surface area contributed by atoms with Gasteiger partial charge in [0, 0.05) is 27.0 Å². The molecule has 0 amide bonds. The summed E-state index contributed by atoms with van der Waals surface area (Å²) in [6.45, 7) is 6.95. The quantitative estimate of drug-likeness (QED) is 0.648. The minimum Gasteiger partial charge on any atom is -0.505 e. The molecule has 4 heteroatoms. The number of nitrogens with zero attached hydrogens (tertiary/aromatic N) is 1. The van der Waals surface area contributed by atoms with Crippen LogP contribution in [-0.2, 0) is 0 Å². The van der Waals surface area contributed by atoms with Crippen molar-refractivity contribution in [3.05, 3.63) is 53.1 Å². The summed E-state index contributed by atoms with van der Waals surface area (Å²) >= 11 is 3.46. The predicted molar refractivity (Wildman–Crippen MR) is 99.5 cm³/mol. The zero-order valence-electron chi connectivity index (χ0n) is 12.9. The standard InChI is InChI=1S/C18H18BrNOSi/c1-22(2,3)15-7-8-16-13(10-15)11-20-17(18(16)21)12-5-4-6-14(19)9-12/h4-11,21H,1-3H3. The first-order chi connectivity index (χ1) is 10.4. The zero-order valence-corrected chi connectivity index (χ0v) is 15.5. The van der Waals surface area contributed by atoms with Crippen molar-refractivity contribution in [2.45, 2.75) is 19.6 Å². The van der Waals surface area contributed by atoms with Crippen LogP contribution in [0.25, 0.3) is 22.0 Å². The molecule has 0 bridgehead atoms. The summed E-state index contributed by atoms with van der Waals surface area (Å²) in [4.78, 5) is 4.49. The second kappa shape index (κ2) is 5.52. The van der Waals surface area contributed by atoms with E-state index in [0.29, 0.717) is 5.69 Å². The smallest absolute Gasteiger partial charge is 0.149 e. The van der Waals surface area contributed by atoms with E-state index in [1.54, 1.807) is 0 Å². The van der Waals surface area contributed by atoms with Crippen LogP contribution in [0.1, 0.15) is 0 Å². The van der Waals surface area contributed by atoms with E-state index >= 15 is 0 Å². The largest absolute Gasteiger partial charge is 0.505 e. The molecule has 0 saturated heterocycles. The van der Waals surface area contributed by atoms with Gasteiger partial charge >= 0.3 is 0 Å². The molecule has 0 spiro atoms. The minimum absolute atomic E-state index is 0.248. The van der Waals surface area contributed by atoms with Gasteiger partial charge in [0.1, 0.15) is 11.4 Å². The van der Waals surface area contributed by atoms with Gasteiger partial charge in [-0.3, -0.25) is 4.98 Å². The third-order valence-corrected chi connectivity index (χ3v) is 6.36. The third kappa shape index (κ3) is 2.81. The van der Waals surface area contributed by atoms with Gasteiger partial charge in [0.2, 0.25) is 0 Å². The lowest BCUT2D eigenvalue weighted by Crippen LogP contribution is -2.37. The van der Waals surface area contributed by atoms with E-state index in [1.165, 1.54) is 5.19 Å². The van der Waals surface area contributed by atoms with Crippen LogP contribution in [0.2, 0.25) is 19.6 Å². The van der Waals surface area contributed by atoms with Crippen molar-refractivity contribution in [1.29, 1.82) is 0 Å². The Morgan fingerprint density at radius 2 is 1.82 bits per heavy atom.